The molecule has 0 aliphatic rings. The minimum absolute atomic E-state index is 0.0368. The van der Waals surface area contributed by atoms with Crippen LogP contribution in [-0.4, -0.2) is 15.1 Å². The SMILES string of the molecule is Cn1c(NC(C)(C)C)nc2ccccc21. The van der Waals surface area contributed by atoms with Crippen molar-refractivity contribution >= 4 is 17.0 Å². The number of aryl methyl sites for hydroxylation is 1. The van der Waals surface area contributed by atoms with Gasteiger partial charge in [-0.1, -0.05) is 12.1 Å². The molecule has 80 valence electrons. The average molecular weight is 203 g/mol. The van der Waals surface area contributed by atoms with Gasteiger partial charge in [-0.15, -0.1) is 0 Å². The number of imidazole rings is 1. The van der Waals surface area contributed by atoms with E-state index in [9.17, 15) is 0 Å². The van der Waals surface area contributed by atoms with Crippen molar-refractivity contribution in [3.8, 4) is 0 Å². The molecule has 0 radical (unpaired) electrons. The average Bonchev–Trinajstić information content (AvgIpc) is 2.42. The zero-order chi connectivity index (χ0) is 11.1. The summed E-state index contributed by atoms with van der Waals surface area (Å²) in [6.45, 7) is 6.39. The molecule has 0 bridgehead atoms. The maximum Gasteiger partial charge on any atom is 0.204 e. The third kappa shape index (κ3) is 1.96. The van der Waals surface area contributed by atoms with Gasteiger partial charge in [0.1, 0.15) is 0 Å². The monoisotopic (exact) mass is 203 g/mol. The summed E-state index contributed by atoms with van der Waals surface area (Å²) in [6, 6.07) is 8.15. The van der Waals surface area contributed by atoms with E-state index >= 15 is 0 Å². The second-order valence-electron chi connectivity index (χ2n) is 4.86. The molecule has 2 rings (SSSR count). The lowest BCUT2D eigenvalue weighted by molar-refractivity contribution is 0.621. The van der Waals surface area contributed by atoms with E-state index in [1.54, 1.807) is 0 Å². The summed E-state index contributed by atoms with van der Waals surface area (Å²) in [5.74, 6) is 0.920. The number of rotatable bonds is 1. The quantitative estimate of drug-likeness (QED) is 0.772. The molecular weight excluding hydrogens is 186 g/mol. The first-order valence-electron chi connectivity index (χ1n) is 5.17. The molecular formula is C12H17N3. The van der Waals surface area contributed by atoms with Crippen LogP contribution in [0.4, 0.5) is 5.95 Å². The van der Waals surface area contributed by atoms with Crippen LogP contribution in [0.2, 0.25) is 0 Å². The van der Waals surface area contributed by atoms with Crippen LogP contribution in [-0.2, 0) is 7.05 Å². The Morgan fingerprint density at radius 1 is 1.20 bits per heavy atom. The predicted octanol–water partition coefficient (Wildman–Crippen LogP) is 2.78. The fourth-order valence-corrected chi connectivity index (χ4v) is 1.59. The van der Waals surface area contributed by atoms with Crippen LogP contribution in [0.15, 0.2) is 24.3 Å². The standard InChI is InChI=1S/C12H17N3/c1-12(2,3)14-11-13-9-7-5-6-8-10(9)15(11)4/h5-8H,1-4H3,(H,13,14). The van der Waals surface area contributed by atoms with E-state index in [0.717, 1.165) is 17.0 Å². The number of nitrogens with one attached hydrogen (secondary N) is 1. The van der Waals surface area contributed by atoms with E-state index in [0.29, 0.717) is 0 Å². The maximum absolute atomic E-state index is 4.55. The summed E-state index contributed by atoms with van der Waals surface area (Å²) in [6.07, 6.45) is 0. The second-order valence-corrected chi connectivity index (χ2v) is 4.86. The Balaban J connectivity index is 2.49. The second kappa shape index (κ2) is 3.26. The number of anilines is 1. The zero-order valence-electron chi connectivity index (χ0n) is 9.70. The predicted molar refractivity (Wildman–Crippen MR) is 64.1 cm³/mol. The van der Waals surface area contributed by atoms with Gasteiger partial charge in [-0.05, 0) is 32.9 Å². The number of aromatic nitrogens is 2. The third-order valence-corrected chi connectivity index (χ3v) is 2.27. The molecule has 3 heteroatoms. The summed E-state index contributed by atoms with van der Waals surface area (Å²) < 4.78 is 2.08. The fraction of sp³-hybridized carbons (Fsp3) is 0.417. The summed E-state index contributed by atoms with van der Waals surface area (Å²) >= 11 is 0. The number of hydrogen-bond acceptors (Lipinski definition) is 2. The molecule has 1 aromatic carbocycles. The molecule has 15 heavy (non-hydrogen) atoms. The first-order valence-corrected chi connectivity index (χ1v) is 5.17. The molecule has 1 aromatic heterocycles. The summed E-state index contributed by atoms with van der Waals surface area (Å²) in [7, 11) is 2.03. The number of hydrogen-bond donors (Lipinski definition) is 1. The Morgan fingerprint density at radius 3 is 2.47 bits per heavy atom. The third-order valence-electron chi connectivity index (χ3n) is 2.27. The Labute approximate surface area is 90.1 Å². The highest BCUT2D eigenvalue weighted by atomic mass is 15.2. The van der Waals surface area contributed by atoms with Crippen LogP contribution < -0.4 is 5.32 Å². The van der Waals surface area contributed by atoms with Crippen molar-refractivity contribution in [2.45, 2.75) is 26.3 Å². The summed E-state index contributed by atoms with van der Waals surface area (Å²) in [4.78, 5) is 4.55. The van der Waals surface area contributed by atoms with Crippen molar-refractivity contribution in [1.29, 1.82) is 0 Å². The molecule has 0 aliphatic heterocycles. The topological polar surface area (TPSA) is 29.9 Å². The van der Waals surface area contributed by atoms with Gasteiger partial charge in [0.2, 0.25) is 5.95 Å². The van der Waals surface area contributed by atoms with Gasteiger partial charge < -0.3 is 9.88 Å². The van der Waals surface area contributed by atoms with Crippen molar-refractivity contribution in [3.63, 3.8) is 0 Å². The highest BCUT2D eigenvalue weighted by Gasteiger charge is 2.14. The molecule has 0 unspecified atom stereocenters. The highest BCUT2D eigenvalue weighted by Crippen LogP contribution is 2.20. The first kappa shape index (κ1) is 10.0. The van der Waals surface area contributed by atoms with Gasteiger partial charge in [-0.25, -0.2) is 4.98 Å². The van der Waals surface area contributed by atoms with Crippen LogP contribution in [0.25, 0.3) is 11.0 Å². The smallest absolute Gasteiger partial charge is 0.204 e. The molecule has 0 amide bonds. The minimum atomic E-state index is 0.0368. The first-order chi connectivity index (χ1) is 6.97. The van der Waals surface area contributed by atoms with Crippen molar-refractivity contribution < 1.29 is 0 Å². The van der Waals surface area contributed by atoms with Crippen molar-refractivity contribution in [1.82, 2.24) is 9.55 Å². The zero-order valence-corrected chi connectivity index (χ0v) is 9.70. The maximum atomic E-state index is 4.55. The Bertz CT molecular complexity index is 477. The molecule has 2 aromatic rings. The normalized spacial score (nSPS) is 12.0. The van der Waals surface area contributed by atoms with Crippen LogP contribution >= 0.6 is 0 Å². The van der Waals surface area contributed by atoms with E-state index in [1.807, 2.05) is 25.2 Å². The summed E-state index contributed by atoms with van der Waals surface area (Å²) in [5, 5.41) is 3.39. The van der Waals surface area contributed by atoms with Gasteiger partial charge in [0.25, 0.3) is 0 Å². The van der Waals surface area contributed by atoms with E-state index in [2.05, 4.69) is 41.7 Å². The minimum Gasteiger partial charge on any atom is -0.351 e. The lowest BCUT2D eigenvalue weighted by atomic mass is 10.1. The van der Waals surface area contributed by atoms with Crippen molar-refractivity contribution in [2.75, 3.05) is 5.32 Å². The molecule has 0 saturated carbocycles. The van der Waals surface area contributed by atoms with E-state index in [1.165, 1.54) is 0 Å². The number of fused-ring (bicyclic) bond motifs is 1. The van der Waals surface area contributed by atoms with E-state index in [-0.39, 0.29) is 5.54 Å². The Morgan fingerprint density at radius 2 is 1.87 bits per heavy atom. The molecule has 0 atom stereocenters. The fourth-order valence-electron chi connectivity index (χ4n) is 1.59. The molecule has 1 heterocycles. The number of benzene rings is 1. The molecule has 0 fully saturated rings. The molecule has 1 N–H and O–H groups in total. The van der Waals surface area contributed by atoms with Gasteiger partial charge in [0.05, 0.1) is 11.0 Å². The van der Waals surface area contributed by atoms with E-state index in [4.69, 9.17) is 0 Å². The van der Waals surface area contributed by atoms with Gasteiger partial charge in [0.15, 0.2) is 0 Å². The Kier molecular flexibility index (Phi) is 2.18. The van der Waals surface area contributed by atoms with Crippen molar-refractivity contribution in [3.05, 3.63) is 24.3 Å². The van der Waals surface area contributed by atoms with Crippen LogP contribution in [0.3, 0.4) is 0 Å². The Hall–Kier alpha value is -1.51. The van der Waals surface area contributed by atoms with Gasteiger partial charge in [0, 0.05) is 12.6 Å². The number of nitrogens with zero attached hydrogens (tertiary/aromatic N) is 2. The van der Waals surface area contributed by atoms with Crippen LogP contribution in [0.5, 0.6) is 0 Å². The van der Waals surface area contributed by atoms with E-state index < -0.39 is 0 Å². The molecule has 0 aliphatic carbocycles. The highest BCUT2D eigenvalue weighted by molar-refractivity contribution is 5.78. The van der Waals surface area contributed by atoms with Gasteiger partial charge >= 0.3 is 0 Å². The number of para-hydroxylation sites is 2. The van der Waals surface area contributed by atoms with Crippen LogP contribution in [0, 0.1) is 0 Å². The lowest BCUT2D eigenvalue weighted by Gasteiger charge is -2.21. The molecule has 3 nitrogen and oxygen atoms in total. The van der Waals surface area contributed by atoms with Crippen molar-refractivity contribution in [2.24, 2.45) is 7.05 Å². The van der Waals surface area contributed by atoms with Gasteiger partial charge in [-0.3, -0.25) is 0 Å². The van der Waals surface area contributed by atoms with Gasteiger partial charge in [-0.2, -0.15) is 0 Å². The van der Waals surface area contributed by atoms with Crippen LogP contribution in [0.1, 0.15) is 20.8 Å². The summed E-state index contributed by atoms with van der Waals surface area (Å²) in [5.41, 5.74) is 2.23. The molecule has 0 spiro atoms. The largest absolute Gasteiger partial charge is 0.351 e. The molecule has 0 saturated heterocycles. The lowest BCUT2D eigenvalue weighted by Crippen LogP contribution is -2.27.